The highest BCUT2D eigenvalue weighted by Gasteiger charge is 2.02. The lowest BCUT2D eigenvalue weighted by Crippen LogP contribution is -2.33. The van der Waals surface area contributed by atoms with Gasteiger partial charge >= 0.3 is 0 Å². The molecule has 0 radical (unpaired) electrons. The summed E-state index contributed by atoms with van der Waals surface area (Å²) >= 11 is 0. The minimum absolute atomic E-state index is 0.311. The van der Waals surface area contributed by atoms with Gasteiger partial charge in [0.15, 0.2) is 0 Å². The van der Waals surface area contributed by atoms with Gasteiger partial charge in [0.1, 0.15) is 0 Å². The molecule has 0 rings (SSSR count). The van der Waals surface area contributed by atoms with Crippen LogP contribution < -0.4 is 10.6 Å². The van der Waals surface area contributed by atoms with E-state index in [2.05, 4.69) is 31.4 Å². The molecule has 2 unspecified atom stereocenters. The first kappa shape index (κ1) is 12.9. The van der Waals surface area contributed by atoms with Gasteiger partial charge in [-0.3, -0.25) is 0 Å². The van der Waals surface area contributed by atoms with Crippen molar-refractivity contribution < 1.29 is 4.74 Å². The number of ether oxygens (including phenoxy) is 1. The molecule has 3 nitrogen and oxygen atoms in total. The molecule has 2 atom stereocenters. The van der Waals surface area contributed by atoms with Crippen LogP contribution >= 0.6 is 0 Å². The zero-order chi connectivity index (χ0) is 10.1. The summed E-state index contributed by atoms with van der Waals surface area (Å²) in [5, 5.41) is 6.71. The Bertz CT molecular complexity index is 109. The Hall–Kier alpha value is -0.120. The van der Waals surface area contributed by atoms with E-state index in [0.29, 0.717) is 12.0 Å². The molecule has 0 spiro atoms. The lowest BCUT2D eigenvalue weighted by molar-refractivity contribution is 0.116. The lowest BCUT2D eigenvalue weighted by atomic mass is 10.2. The summed E-state index contributed by atoms with van der Waals surface area (Å²) in [5.74, 6) is 0.684. The zero-order valence-electron chi connectivity index (χ0n) is 9.39. The third-order valence-electron chi connectivity index (χ3n) is 2.07. The van der Waals surface area contributed by atoms with Crippen LogP contribution in [0.25, 0.3) is 0 Å². The Labute approximate surface area is 82.2 Å². The van der Waals surface area contributed by atoms with Crippen LogP contribution in [0.1, 0.15) is 20.8 Å². The zero-order valence-corrected chi connectivity index (χ0v) is 9.39. The van der Waals surface area contributed by atoms with Crippen LogP contribution in [0, 0.1) is 5.92 Å². The summed E-state index contributed by atoms with van der Waals surface area (Å²) in [6.07, 6.45) is 0.311. The molecule has 0 fully saturated rings. The van der Waals surface area contributed by atoms with E-state index in [0.717, 1.165) is 26.2 Å². The highest BCUT2D eigenvalue weighted by Crippen LogP contribution is 1.90. The molecule has 0 bridgehead atoms. The second-order valence-electron chi connectivity index (χ2n) is 3.62. The Balaban J connectivity index is 3.21. The molecular weight excluding hydrogens is 164 g/mol. The average molecular weight is 188 g/mol. The van der Waals surface area contributed by atoms with Gasteiger partial charge in [-0.1, -0.05) is 13.8 Å². The fourth-order valence-corrected chi connectivity index (χ4v) is 1.08. The van der Waals surface area contributed by atoms with Crippen LogP contribution in [0.3, 0.4) is 0 Å². The van der Waals surface area contributed by atoms with Gasteiger partial charge < -0.3 is 15.4 Å². The van der Waals surface area contributed by atoms with E-state index in [1.54, 1.807) is 7.11 Å². The molecule has 0 amide bonds. The van der Waals surface area contributed by atoms with E-state index in [-0.39, 0.29) is 0 Å². The Morgan fingerprint density at radius 1 is 1.08 bits per heavy atom. The molecular formula is C10H24N2O. The van der Waals surface area contributed by atoms with Crippen molar-refractivity contribution in [2.75, 3.05) is 33.3 Å². The van der Waals surface area contributed by atoms with E-state index < -0.39 is 0 Å². The van der Waals surface area contributed by atoms with E-state index in [1.165, 1.54) is 0 Å². The number of methoxy groups -OCH3 is 1. The molecule has 2 N–H and O–H groups in total. The quantitative estimate of drug-likeness (QED) is 0.592. The third-order valence-corrected chi connectivity index (χ3v) is 2.07. The van der Waals surface area contributed by atoms with Crippen molar-refractivity contribution in [3.8, 4) is 0 Å². The summed E-state index contributed by atoms with van der Waals surface area (Å²) in [6.45, 7) is 10.6. The maximum atomic E-state index is 5.13. The molecule has 0 aliphatic rings. The predicted molar refractivity (Wildman–Crippen MR) is 57.0 cm³/mol. The Morgan fingerprint density at radius 2 is 1.69 bits per heavy atom. The molecule has 0 aromatic rings. The van der Waals surface area contributed by atoms with Gasteiger partial charge in [0.25, 0.3) is 0 Å². The van der Waals surface area contributed by atoms with Crippen molar-refractivity contribution in [2.45, 2.75) is 26.9 Å². The topological polar surface area (TPSA) is 33.3 Å². The summed E-state index contributed by atoms with van der Waals surface area (Å²) < 4.78 is 5.13. The number of hydrogen-bond donors (Lipinski definition) is 2. The van der Waals surface area contributed by atoms with E-state index in [9.17, 15) is 0 Å². The first-order valence-electron chi connectivity index (χ1n) is 5.14. The highest BCUT2D eigenvalue weighted by atomic mass is 16.5. The SMILES string of the molecule is CCNCC(C)CNCC(C)OC. The minimum atomic E-state index is 0.311. The molecule has 0 aliphatic heterocycles. The van der Waals surface area contributed by atoms with Gasteiger partial charge in [0.05, 0.1) is 6.10 Å². The normalized spacial score (nSPS) is 15.7. The standard InChI is InChI=1S/C10H24N2O/c1-5-11-6-9(2)7-12-8-10(3)13-4/h9-12H,5-8H2,1-4H3. The maximum absolute atomic E-state index is 5.13. The second kappa shape index (κ2) is 8.48. The molecule has 13 heavy (non-hydrogen) atoms. The summed E-state index contributed by atoms with van der Waals surface area (Å²) in [5.41, 5.74) is 0. The van der Waals surface area contributed by atoms with Gasteiger partial charge in [-0.05, 0) is 32.5 Å². The molecule has 80 valence electrons. The van der Waals surface area contributed by atoms with Crippen LogP contribution in [-0.2, 0) is 4.74 Å². The molecule has 0 aromatic heterocycles. The molecule has 3 heteroatoms. The van der Waals surface area contributed by atoms with Crippen LogP contribution in [0.4, 0.5) is 0 Å². The summed E-state index contributed by atoms with van der Waals surface area (Å²) in [4.78, 5) is 0. The largest absolute Gasteiger partial charge is 0.380 e. The van der Waals surface area contributed by atoms with Gasteiger partial charge in [-0.25, -0.2) is 0 Å². The van der Waals surface area contributed by atoms with Gasteiger partial charge in [-0.15, -0.1) is 0 Å². The first-order valence-corrected chi connectivity index (χ1v) is 5.14. The van der Waals surface area contributed by atoms with Gasteiger partial charge in [0.2, 0.25) is 0 Å². The first-order chi connectivity index (χ1) is 6.20. The maximum Gasteiger partial charge on any atom is 0.0667 e. The highest BCUT2D eigenvalue weighted by molar-refractivity contribution is 4.61. The van der Waals surface area contributed by atoms with Crippen molar-refractivity contribution in [2.24, 2.45) is 5.92 Å². The smallest absolute Gasteiger partial charge is 0.0667 e. The average Bonchev–Trinajstić information content (AvgIpc) is 2.14. The van der Waals surface area contributed by atoms with Crippen LogP contribution in [0.15, 0.2) is 0 Å². The minimum Gasteiger partial charge on any atom is -0.380 e. The summed E-state index contributed by atoms with van der Waals surface area (Å²) in [7, 11) is 1.74. The molecule has 0 saturated heterocycles. The molecule has 0 heterocycles. The van der Waals surface area contributed by atoms with E-state index in [1.807, 2.05) is 0 Å². The number of hydrogen-bond acceptors (Lipinski definition) is 3. The lowest BCUT2D eigenvalue weighted by Gasteiger charge is -2.15. The van der Waals surface area contributed by atoms with E-state index >= 15 is 0 Å². The second-order valence-corrected chi connectivity index (χ2v) is 3.62. The molecule has 0 saturated carbocycles. The van der Waals surface area contributed by atoms with Crippen LogP contribution in [0.5, 0.6) is 0 Å². The molecule has 0 aliphatic carbocycles. The van der Waals surface area contributed by atoms with Crippen molar-refractivity contribution in [3.63, 3.8) is 0 Å². The number of nitrogens with one attached hydrogen (secondary N) is 2. The summed E-state index contributed by atoms with van der Waals surface area (Å²) in [6, 6.07) is 0. The van der Waals surface area contributed by atoms with Crippen molar-refractivity contribution in [1.29, 1.82) is 0 Å². The van der Waals surface area contributed by atoms with Crippen LogP contribution in [-0.4, -0.2) is 39.4 Å². The van der Waals surface area contributed by atoms with E-state index in [4.69, 9.17) is 4.74 Å². The predicted octanol–water partition coefficient (Wildman–Crippen LogP) is 0.856. The fourth-order valence-electron chi connectivity index (χ4n) is 1.08. The third kappa shape index (κ3) is 8.22. The Kier molecular flexibility index (Phi) is 8.40. The van der Waals surface area contributed by atoms with Crippen molar-refractivity contribution in [3.05, 3.63) is 0 Å². The van der Waals surface area contributed by atoms with Crippen LogP contribution in [0.2, 0.25) is 0 Å². The fraction of sp³-hybridized carbons (Fsp3) is 1.00. The van der Waals surface area contributed by atoms with Gasteiger partial charge in [0, 0.05) is 13.7 Å². The van der Waals surface area contributed by atoms with Crippen molar-refractivity contribution in [1.82, 2.24) is 10.6 Å². The van der Waals surface area contributed by atoms with Gasteiger partial charge in [-0.2, -0.15) is 0 Å². The van der Waals surface area contributed by atoms with Crippen molar-refractivity contribution >= 4 is 0 Å². The monoisotopic (exact) mass is 188 g/mol. The molecule has 0 aromatic carbocycles. The Morgan fingerprint density at radius 3 is 2.23 bits per heavy atom. The number of rotatable bonds is 8.